The number of thioether (sulfide) groups is 1. The van der Waals surface area contributed by atoms with E-state index in [1.165, 1.54) is 28.9 Å². The molecular weight excluding hydrogens is 468 g/mol. The van der Waals surface area contributed by atoms with Crippen LogP contribution in [-0.2, 0) is 10.2 Å². The zero-order chi connectivity index (χ0) is 26.2. The summed E-state index contributed by atoms with van der Waals surface area (Å²) in [7, 11) is 0. The molecule has 1 heterocycles. The lowest BCUT2D eigenvalue weighted by Gasteiger charge is -2.43. The zero-order valence-corrected chi connectivity index (χ0v) is 23.1. The highest BCUT2D eigenvalue weighted by molar-refractivity contribution is 7.99. The fourth-order valence-electron chi connectivity index (χ4n) is 5.68. The van der Waals surface area contributed by atoms with E-state index in [0.717, 1.165) is 63.5 Å². The average molecular weight is 513 g/mol. The number of aliphatic carboxylic acids is 1. The van der Waals surface area contributed by atoms with E-state index < -0.39 is 11.4 Å². The molecule has 3 rings (SSSR count). The molecule has 2 aromatic rings. The van der Waals surface area contributed by atoms with Gasteiger partial charge < -0.3 is 15.3 Å². The van der Waals surface area contributed by atoms with E-state index in [1.807, 2.05) is 24.8 Å². The van der Waals surface area contributed by atoms with Gasteiger partial charge in [0.1, 0.15) is 11.5 Å². The molecular formula is C31H44O4S. The number of carboxylic acid groups (broad SMARTS) is 1. The summed E-state index contributed by atoms with van der Waals surface area (Å²) in [6.45, 7) is 6.37. The van der Waals surface area contributed by atoms with Gasteiger partial charge in [0, 0.05) is 16.1 Å². The van der Waals surface area contributed by atoms with Crippen molar-refractivity contribution in [3.05, 3.63) is 53.6 Å². The molecule has 0 amide bonds. The van der Waals surface area contributed by atoms with Gasteiger partial charge in [0.15, 0.2) is 0 Å². The highest BCUT2D eigenvalue weighted by atomic mass is 32.2. The minimum absolute atomic E-state index is 0.0396. The molecule has 0 aliphatic carbocycles. The average Bonchev–Trinajstić information content (AvgIpc) is 2.85. The summed E-state index contributed by atoms with van der Waals surface area (Å²) in [5.74, 6) is 1.27. The molecule has 198 valence electrons. The number of aromatic hydroxyl groups is 2. The van der Waals surface area contributed by atoms with Gasteiger partial charge in [-0.25, -0.2) is 0 Å². The molecule has 36 heavy (non-hydrogen) atoms. The van der Waals surface area contributed by atoms with E-state index in [9.17, 15) is 20.1 Å². The van der Waals surface area contributed by atoms with Crippen molar-refractivity contribution in [2.75, 3.05) is 5.75 Å². The van der Waals surface area contributed by atoms with Gasteiger partial charge in [-0.05, 0) is 67.5 Å². The maximum atomic E-state index is 11.7. The first-order valence-electron chi connectivity index (χ1n) is 13.7. The van der Waals surface area contributed by atoms with E-state index in [0.29, 0.717) is 17.4 Å². The summed E-state index contributed by atoms with van der Waals surface area (Å²) < 4.78 is 0. The molecule has 0 spiro atoms. The Morgan fingerprint density at radius 3 is 2.22 bits per heavy atom. The molecule has 0 aromatic heterocycles. The highest BCUT2D eigenvalue weighted by Crippen LogP contribution is 2.52. The number of phenolic OH excluding ortho intramolecular Hbond substituents is 2. The Morgan fingerprint density at radius 1 is 0.944 bits per heavy atom. The van der Waals surface area contributed by atoms with E-state index in [4.69, 9.17) is 0 Å². The minimum Gasteiger partial charge on any atom is -0.508 e. The molecule has 1 aliphatic heterocycles. The molecule has 0 saturated heterocycles. The van der Waals surface area contributed by atoms with Crippen LogP contribution in [0, 0.1) is 5.41 Å². The lowest BCUT2D eigenvalue weighted by Crippen LogP contribution is -2.36. The normalized spacial score (nSPS) is 21.0. The van der Waals surface area contributed by atoms with Crippen LogP contribution >= 0.6 is 11.8 Å². The second-order valence-corrected chi connectivity index (χ2v) is 12.2. The summed E-state index contributed by atoms with van der Waals surface area (Å²) >= 11 is 1.81. The third kappa shape index (κ3) is 7.00. The fourth-order valence-corrected chi connectivity index (χ4v) is 7.09. The van der Waals surface area contributed by atoms with Crippen molar-refractivity contribution in [2.45, 2.75) is 108 Å². The number of carboxylic acids is 1. The number of benzene rings is 2. The fraction of sp³-hybridized carbons (Fsp3) is 0.581. The predicted molar refractivity (Wildman–Crippen MR) is 149 cm³/mol. The first kappa shape index (κ1) is 28.4. The Labute approximate surface area is 221 Å². The molecule has 0 radical (unpaired) electrons. The van der Waals surface area contributed by atoms with Crippen LogP contribution in [0.3, 0.4) is 0 Å². The summed E-state index contributed by atoms with van der Waals surface area (Å²) in [4.78, 5) is 12.9. The van der Waals surface area contributed by atoms with E-state index in [1.54, 1.807) is 18.2 Å². The Balaban J connectivity index is 1.54. The van der Waals surface area contributed by atoms with Gasteiger partial charge in [-0.15, -0.1) is 11.8 Å². The van der Waals surface area contributed by atoms with Crippen LogP contribution in [0.2, 0.25) is 0 Å². The van der Waals surface area contributed by atoms with Crippen molar-refractivity contribution in [1.82, 2.24) is 0 Å². The summed E-state index contributed by atoms with van der Waals surface area (Å²) in [6.07, 6.45) is 11.4. The second kappa shape index (κ2) is 12.9. The van der Waals surface area contributed by atoms with Crippen LogP contribution < -0.4 is 0 Å². The van der Waals surface area contributed by atoms with Crippen LogP contribution in [0.15, 0.2) is 47.4 Å². The first-order chi connectivity index (χ1) is 17.2. The second-order valence-electron chi connectivity index (χ2n) is 11.2. The first-order valence-corrected chi connectivity index (χ1v) is 14.7. The molecule has 2 aromatic carbocycles. The topological polar surface area (TPSA) is 77.8 Å². The van der Waals surface area contributed by atoms with Crippen LogP contribution in [0.25, 0.3) is 0 Å². The van der Waals surface area contributed by atoms with Crippen molar-refractivity contribution in [1.29, 1.82) is 0 Å². The van der Waals surface area contributed by atoms with Crippen molar-refractivity contribution < 1.29 is 20.1 Å². The molecule has 1 aliphatic rings. The standard InChI is InChI=1S/C31H44O4S/c1-4-5-19-30(2,29(34)35)20-11-9-7-6-8-10-12-27-26-18-17-25(33)21-28(26)36-22-31(27,3)23-13-15-24(32)16-14-23/h13-18,21,27,32-33H,4-12,19-20,22H2,1-3H3,(H,34,35)/t27-,30?,31-/m1/s1. The SMILES string of the molecule is CCCCC(C)(CCCCCCCC[C@@H]1c2ccc(O)cc2SC[C@]1(C)c1ccc(O)cc1)C(=O)O. The molecule has 0 bridgehead atoms. The van der Waals surface area contributed by atoms with Crippen LogP contribution in [-0.4, -0.2) is 27.0 Å². The van der Waals surface area contributed by atoms with Gasteiger partial charge in [0.2, 0.25) is 0 Å². The van der Waals surface area contributed by atoms with E-state index >= 15 is 0 Å². The van der Waals surface area contributed by atoms with Crippen molar-refractivity contribution >= 4 is 17.7 Å². The Bertz CT molecular complexity index is 989. The number of fused-ring (bicyclic) bond motifs is 1. The van der Waals surface area contributed by atoms with Gasteiger partial charge in [0.05, 0.1) is 5.41 Å². The monoisotopic (exact) mass is 512 g/mol. The number of unbranched alkanes of at least 4 members (excludes halogenated alkanes) is 6. The Kier molecular flexibility index (Phi) is 10.2. The van der Waals surface area contributed by atoms with Gasteiger partial charge in [-0.2, -0.15) is 0 Å². The van der Waals surface area contributed by atoms with Gasteiger partial charge in [0.25, 0.3) is 0 Å². The summed E-state index contributed by atoms with van der Waals surface area (Å²) in [6, 6.07) is 13.5. The van der Waals surface area contributed by atoms with Crippen molar-refractivity contribution in [2.24, 2.45) is 5.41 Å². The largest absolute Gasteiger partial charge is 0.508 e. The number of hydrogen-bond donors (Lipinski definition) is 3. The van der Waals surface area contributed by atoms with Gasteiger partial charge >= 0.3 is 5.97 Å². The summed E-state index contributed by atoms with van der Waals surface area (Å²) in [5.41, 5.74) is 1.96. The Hall–Kier alpha value is -2.14. The molecule has 5 heteroatoms. The van der Waals surface area contributed by atoms with Gasteiger partial charge in [-0.3, -0.25) is 4.79 Å². The zero-order valence-electron chi connectivity index (χ0n) is 22.3. The lowest BCUT2D eigenvalue weighted by molar-refractivity contribution is -0.149. The van der Waals surface area contributed by atoms with Crippen LogP contribution in [0.5, 0.6) is 11.5 Å². The maximum absolute atomic E-state index is 11.7. The highest BCUT2D eigenvalue weighted by Gasteiger charge is 2.41. The van der Waals surface area contributed by atoms with Gasteiger partial charge in [-0.1, -0.05) is 83.4 Å². The van der Waals surface area contributed by atoms with E-state index in [2.05, 4.69) is 32.0 Å². The third-order valence-electron chi connectivity index (χ3n) is 8.27. The van der Waals surface area contributed by atoms with Crippen LogP contribution in [0.1, 0.15) is 108 Å². The maximum Gasteiger partial charge on any atom is 0.309 e. The van der Waals surface area contributed by atoms with Crippen molar-refractivity contribution in [3.63, 3.8) is 0 Å². The number of rotatable bonds is 14. The molecule has 3 N–H and O–H groups in total. The van der Waals surface area contributed by atoms with Crippen LogP contribution in [0.4, 0.5) is 0 Å². The van der Waals surface area contributed by atoms with E-state index in [-0.39, 0.29) is 5.41 Å². The molecule has 0 saturated carbocycles. The molecule has 0 fully saturated rings. The molecule has 1 unspecified atom stereocenters. The van der Waals surface area contributed by atoms with Crippen molar-refractivity contribution in [3.8, 4) is 11.5 Å². The third-order valence-corrected chi connectivity index (χ3v) is 9.67. The molecule has 4 nitrogen and oxygen atoms in total. The smallest absolute Gasteiger partial charge is 0.309 e. The minimum atomic E-state index is -0.646. The number of hydrogen-bond acceptors (Lipinski definition) is 4. The number of carbonyl (C=O) groups is 1. The Morgan fingerprint density at radius 2 is 1.56 bits per heavy atom. The molecule has 3 atom stereocenters. The predicted octanol–water partition coefficient (Wildman–Crippen LogP) is 8.65. The lowest BCUT2D eigenvalue weighted by atomic mass is 9.68. The number of phenols is 2. The summed E-state index contributed by atoms with van der Waals surface area (Å²) in [5, 5.41) is 29.5. The quantitative estimate of drug-likeness (QED) is 0.221.